The Morgan fingerprint density at radius 2 is 1.57 bits per heavy atom. The van der Waals surface area contributed by atoms with Crippen molar-refractivity contribution in [1.29, 1.82) is 0 Å². The number of unbranched alkanes of at least 4 members (excludes halogenated alkanes) is 1. The minimum atomic E-state index is 1.07. The minimum Gasteiger partial charge on any atom is -0.0654 e. The second-order valence-electron chi connectivity index (χ2n) is 6.43. The second kappa shape index (κ2) is 6.04. The zero-order valence-electron chi connectivity index (χ0n) is 13.7. The summed E-state index contributed by atoms with van der Waals surface area (Å²) in [6, 6.07) is 24.5. The van der Waals surface area contributed by atoms with Crippen molar-refractivity contribution in [2.45, 2.75) is 32.6 Å². The van der Waals surface area contributed by atoms with Gasteiger partial charge in [-0.25, -0.2) is 0 Å². The first-order valence-electron chi connectivity index (χ1n) is 8.67. The molecule has 0 heteroatoms. The van der Waals surface area contributed by atoms with Crippen LogP contribution in [0.1, 0.15) is 36.5 Å². The minimum absolute atomic E-state index is 1.07. The molecule has 0 atom stereocenters. The third-order valence-electron chi connectivity index (χ3n) is 4.94. The molecular weight excluding hydrogens is 276 g/mol. The molecule has 0 N–H and O–H groups in total. The Balaban J connectivity index is 1.91. The lowest BCUT2D eigenvalue weighted by Gasteiger charge is -2.15. The van der Waals surface area contributed by atoms with Crippen molar-refractivity contribution in [3.8, 4) is 22.3 Å². The molecule has 4 rings (SSSR count). The number of fused-ring (bicyclic) bond motifs is 3. The Morgan fingerprint density at radius 1 is 0.783 bits per heavy atom. The van der Waals surface area contributed by atoms with E-state index in [4.69, 9.17) is 0 Å². The first-order chi connectivity index (χ1) is 11.4. The van der Waals surface area contributed by atoms with E-state index in [1.807, 2.05) is 0 Å². The topological polar surface area (TPSA) is 0 Å². The average molecular weight is 298 g/mol. The molecule has 0 saturated heterocycles. The van der Waals surface area contributed by atoms with Gasteiger partial charge < -0.3 is 0 Å². The summed E-state index contributed by atoms with van der Waals surface area (Å²) in [5, 5.41) is 0. The summed E-state index contributed by atoms with van der Waals surface area (Å²) >= 11 is 0. The highest BCUT2D eigenvalue weighted by atomic mass is 14.3. The molecule has 1 aliphatic rings. The lowest BCUT2D eigenvalue weighted by atomic mass is 9.89. The Labute approximate surface area is 138 Å². The predicted molar refractivity (Wildman–Crippen MR) is 98.7 cm³/mol. The first-order valence-corrected chi connectivity index (χ1v) is 8.67. The molecule has 0 nitrogen and oxygen atoms in total. The fraction of sp³-hybridized carbons (Fsp3) is 0.217. The maximum Gasteiger partial charge on any atom is -0.000718 e. The van der Waals surface area contributed by atoms with Gasteiger partial charge >= 0.3 is 0 Å². The summed E-state index contributed by atoms with van der Waals surface area (Å²) in [7, 11) is 0. The van der Waals surface area contributed by atoms with Crippen LogP contribution in [0.15, 0.2) is 66.7 Å². The number of rotatable bonds is 4. The largest absolute Gasteiger partial charge is 0.0654 e. The average Bonchev–Trinajstić information content (AvgIpc) is 2.98. The van der Waals surface area contributed by atoms with Crippen LogP contribution < -0.4 is 0 Å². The lowest BCUT2D eigenvalue weighted by molar-refractivity contribution is 0.795. The summed E-state index contributed by atoms with van der Waals surface area (Å²) in [6.07, 6.45) is 4.73. The summed E-state index contributed by atoms with van der Waals surface area (Å²) in [5.74, 6) is 0. The van der Waals surface area contributed by atoms with Crippen LogP contribution in [0, 0.1) is 0 Å². The number of aryl methyl sites for hydroxylation is 1. The molecule has 0 unspecified atom stereocenters. The Bertz CT molecular complexity index is 828. The van der Waals surface area contributed by atoms with Crippen molar-refractivity contribution < 1.29 is 0 Å². The zero-order valence-corrected chi connectivity index (χ0v) is 13.7. The lowest BCUT2D eigenvalue weighted by Crippen LogP contribution is -1.96. The van der Waals surface area contributed by atoms with Crippen molar-refractivity contribution in [2.24, 2.45) is 0 Å². The van der Waals surface area contributed by atoms with Crippen molar-refractivity contribution in [3.05, 3.63) is 83.4 Å². The first kappa shape index (κ1) is 14.3. The van der Waals surface area contributed by atoms with Gasteiger partial charge in [-0.2, -0.15) is 0 Å². The van der Waals surface area contributed by atoms with Crippen molar-refractivity contribution >= 4 is 0 Å². The molecule has 0 bridgehead atoms. The van der Waals surface area contributed by atoms with E-state index in [1.165, 1.54) is 58.2 Å². The monoisotopic (exact) mass is 298 g/mol. The molecule has 0 spiro atoms. The molecule has 0 saturated carbocycles. The van der Waals surface area contributed by atoms with Crippen molar-refractivity contribution in [1.82, 2.24) is 0 Å². The molecule has 1 aliphatic carbocycles. The standard InChI is InChI=1S/C23H22/c1-2-3-9-18-14-15-21-20-13-8-7-12-19(20)16-22(21)23(18)17-10-5-4-6-11-17/h4-8,10-15H,2-3,9,16H2,1H3. The van der Waals surface area contributed by atoms with Crippen LogP contribution in [0.2, 0.25) is 0 Å². The molecule has 0 aromatic heterocycles. The molecule has 3 aromatic rings. The van der Waals surface area contributed by atoms with Crippen LogP contribution in [0.4, 0.5) is 0 Å². The van der Waals surface area contributed by atoms with Crippen LogP contribution in [-0.2, 0) is 12.8 Å². The van der Waals surface area contributed by atoms with E-state index in [0.29, 0.717) is 0 Å². The third-order valence-corrected chi connectivity index (χ3v) is 4.94. The van der Waals surface area contributed by atoms with E-state index in [2.05, 4.69) is 73.7 Å². The molecule has 0 amide bonds. The van der Waals surface area contributed by atoms with Gasteiger partial charge in [0.2, 0.25) is 0 Å². The maximum absolute atomic E-state index is 2.36. The molecule has 0 radical (unpaired) electrons. The fourth-order valence-electron chi connectivity index (χ4n) is 3.80. The molecule has 3 aromatic carbocycles. The fourth-order valence-corrected chi connectivity index (χ4v) is 3.80. The molecule has 23 heavy (non-hydrogen) atoms. The summed E-state index contributed by atoms with van der Waals surface area (Å²) in [5.41, 5.74) is 10.2. The maximum atomic E-state index is 2.36. The van der Waals surface area contributed by atoms with Gasteiger partial charge in [0.15, 0.2) is 0 Å². The molecule has 0 aliphatic heterocycles. The van der Waals surface area contributed by atoms with Gasteiger partial charge in [-0.1, -0.05) is 80.1 Å². The summed E-state index contributed by atoms with van der Waals surface area (Å²) < 4.78 is 0. The van der Waals surface area contributed by atoms with Gasteiger partial charge in [0.25, 0.3) is 0 Å². The van der Waals surface area contributed by atoms with Gasteiger partial charge in [-0.05, 0) is 58.2 Å². The van der Waals surface area contributed by atoms with Gasteiger partial charge in [0.1, 0.15) is 0 Å². The van der Waals surface area contributed by atoms with E-state index >= 15 is 0 Å². The highest BCUT2D eigenvalue weighted by molar-refractivity contribution is 5.86. The quantitative estimate of drug-likeness (QED) is 0.416. The van der Waals surface area contributed by atoms with Gasteiger partial charge in [0, 0.05) is 0 Å². The van der Waals surface area contributed by atoms with Crippen LogP contribution in [-0.4, -0.2) is 0 Å². The van der Waals surface area contributed by atoms with Crippen molar-refractivity contribution in [2.75, 3.05) is 0 Å². The highest BCUT2D eigenvalue weighted by Gasteiger charge is 2.23. The Morgan fingerprint density at radius 3 is 2.39 bits per heavy atom. The van der Waals surface area contributed by atoms with E-state index in [1.54, 1.807) is 0 Å². The van der Waals surface area contributed by atoms with Crippen LogP contribution in [0.3, 0.4) is 0 Å². The van der Waals surface area contributed by atoms with Gasteiger partial charge in [0.05, 0.1) is 0 Å². The van der Waals surface area contributed by atoms with E-state index in [9.17, 15) is 0 Å². The number of benzene rings is 3. The van der Waals surface area contributed by atoms with E-state index < -0.39 is 0 Å². The van der Waals surface area contributed by atoms with Crippen molar-refractivity contribution in [3.63, 3.8) is 0 Å². The normalized spacial score (nSPS) is 12.0. The molecular formula is C23H22. The van der Waals surface area contributed by atoms with Gasteiger partial charge in [-0.15, -0.1) is 0 Å². The second-order valence-corrected chi connectivity index (χ2v) is 6.43. The predicted octanol–water partition coefficient (Wildman–Crippen LogP) is 6.27. The van der Waals surface area contributed by atoms with Crippen LogP contribution >= 0.6 is 0 Å². The zero-order chi connectivity index (χ0) is 15.6. The number of hydrogen-bond donors (Lipinski definition) is 0. The third kappa shape index (κ3) is 2.49. The summed E-state index contributed by atoms with van der Waals surface area (Å²) in [4.78, 5) is 0. The number of hydrogen-bond acceptors (Lipinski definition) is 0. The Hall–Kier alpha value is -2.34. The smallest absolute Gasteiger partial charge is 0.000718 e. The summed E-state index contributed by atoms with van der Waals surface area (Å²) in [6.45, 7) is 2.27. The van der Waals surface area contributed by atoms with Gasteiger partial charge in [-0.3, -0.25) is 0 Å². The molecule has 114 valence electrons. The highest BCUT2D eigenvalue weighted by Crippen LogP contribution is 2.43. The molecule has 0 fully saturated rings. The van der Waals surface area contributed by atoms with Crippen LogP contribution in [0.25, 0.3) is 22.3 Å². The SMILES string of the molecule is CCCCc1ccc2c(c1-c1ccccc1)Cc1ccccc1-2. The van der Waals surface area contributed by atoms with Crippen LogP contribution in [0.5, 0.6) is 0 Å². The Kier molecular flexibility index (Phi) is 3.75. The van der Waals surface area contributed by atoms with E-state index in [0.717, 1.165) is 6.42 Å². The van der Waals surface area contributed by atoms with E-state index in [-0.39, 0.29) is 0 Å². The molecule has 0 heterocycles.